The Kier molecular flexibility index (Phi) is 10.8. The third-order valence-electron chi connectivity index (χ3n) is 9.42. The summed E-state index contributed by atoms with van der Waals surface area (Å²) in [4.78, 5) is 50.5. The lowest BCUT2D eigenvalue weighted by atomic mass is 9.75. The summed E-state index contributed by atoms with van der Waals surface area (Å²) in [5, 5.41) is 10.9. The van der Waals surface area contributed by atoms with E-state index in [0.29, 0.717) is 38.6 Å². The van der Waals surface area contributed by atoms with Crippen LogP contribution in [0.5, 0.6) is 0 Å². The summed E-state index contributed by atoms with van der Waals surface area (Å²) in [5.41, 5.74) is 0.614. The predicted octanol–water partition coefficient (Wildman–Crippen LogP) is 5.28. The van der Waals surface area contributed by atoms with E-state index in [9.17, 15) is 19.5 Å². The van der Waals surface area contributed by atoms with Gasteiger partial charge in [-0.15, -0.1) is 0 Å². The van der Waals surface area contributed by atoms with Gasteiger partial charge in [-0.25, -0.2) is 9.78 Å². The molecule has 0 bridgehead atoms. The van der Waals surface area contributed by atoms with Crippen molar-refractivity contribution in [1.82, 2.24) is 19.4 Å². The van der Waals surface area contributed by atoms with E-state index >= 15 is 0 Å². The van der Waals surface area contributed by atoms with Gasteiger partial charge in [0, 0.05) is 55.5 Å². The fourth-order valence-electron chi connectivity index (χ4n) is 6.85. The van der Waals surface area contributed by atoms with E-state index in [4.69, 9.17) is 9.47 Å². The summed E-state index contributed by atoms with van der Waals surface area (Å²) in [5.74, 6) is -1.29. The molecule has 0 radical (unpaired) electrons. The molecule has 4 rings (SSSR count). The van der Waals surface area contributed by atoms with Gasteiger partial charge in [0.15, 0.2) is 11.9 Å². The molecule has 8 atom stereocenters. The van der Waals surface area contributed by atoms with Gasteiger partial charge in [0.05, 0.1) is 24.0 Å². The SMILES string of the molecule is CC[C@H]1OC(O)C(C)C(=O)CC[C@@H](C)C[C@@H](C)C(=O)C(C)C2N(CCCCn3cnc(-c4cccnc4)c3)C(=O)O[C@@]21C. The molecule has 10 heteroatoms. The third kappa shape index (κ3) is 7.34. The maximum Gasteiger partial charge on any atom is 0.410 e. The zero-order valence-corrected chi connectivity index (χ0v) is 26.4. The Labute approximate surface area is 255 Å². The highest BCUT2D eigenvalue weighted by Gasteiger charge is 2.59. The highest BCUT2D eigenvalue weighted by Crippen LogP contribution is 2.41. The van der Waals surface area contributed by atoms with Crippen molar-refractivity contribution in [3.63, 3.8) is 0 Å². The maximum absolute atomic E-state index is 13.8. The minimum atomic E-state index is -1.34. The van der Waals surface area contributed by atoms with E-state index in [-0.39, 0.29) is 23.4 Å². The number of aryl methyl sites for hydroxylation is 1. The minimum Gasteiger partial charge on any atom is -0.438 e. The number of aromatic nitrogens is 3. The number of hydrogen-bond donors (Lipinski definition) is 1. The zero-order chi connectivity index (χ0) is 31.3. The van der Waals surface area contributed by atoms with E-state index in [1.807, 2.05) is 43.7 Å². The number of aliphatic hydroxyl groups excluding tert-OH is 1. The number of aliphatic hydroxyl groups is 1. The van der Waals surface area contributed by atoms with Crippen LogP contribution < -0.4 is 0 Å². The molecule has 2 fully saturated rings. The zero-order valence-electron chi connectivity index (χ0n) is 26.4. The number of rotatable bonds is 7. The van der Waals surface area contributed by atoms with Crippen molar-refractivity contribution in [2.75, 3.05) is 6.54 Å². The smallest absolute Gasteiger partial charge is 0.410 e. The average molecular weight is 597 g/mol. The number of carbonyl (C=O) groups is 3. The molecule has 2 saturated heterocycles. The van der Waals surface area contributed by atoms with Crippen molar-refractivity contribution in [1.29, 1.82) is 0 Å². The number of Topliss-reactive ketones (excluding diaryl/α,β-unsaturated/α-hetero) is 2. The largest absolute Gasteiger partial charge is 0.438 e. The highest BCUT2D eigenvalue weighted by atomic mass is 16.6. The van der Waals surface area contributed by atoms with E-state index in [0.717, 1.165) is 24.2 Å². The molecule has 0 spiro atoms. The fraction of sp³-hybridized carbons (Fsp3) is 0.667. The van der Waals surface area contributed by atoms with Gasteiger partial charge < -0.3 is 24.0 Å². The van der Waals surface area contributed by atoms with Crippen LogP contribution in [-0.2, 0) is 25.6 Å². The first-order chi connectivity index (χ1) is 20.5. The third-order valence-corrected chi connectivity index (χ3v) is 9.42. The normalized spacial score (nSPS) is 32.8. The van der Waals surface area contributed by atoms with Gasteiger partial charge in [0.25, 0.3) is 0 Å². The number of ketones is 2. The Balaban J connectivity index is 1.53. The number of ether oxygens (including phenoxy) is 2. The molecular formula is C33H48N4O6. The molecule has 2 aliphatic heterocycles. The van der Waals surface area contributed by atoms with Crippen molar-refractivity contribution in [2.24, 2.45) is 23.7 Å². The Morgan fingerprint density at radius 2 is 1.84 bits per heavy atom. The number of nitrogens with zero attached hydrogens (tertiary/aromatic N) is 4. The van der Waals surface area contributed by atoms with Crippen LogP contribution in [-0.4, -0.2) is 72.8 Å². The molecule has 4 unspecified atom stereocenters. The predicted molar refractivity (Wildman–Crippen MR) is 162 cm³/mol. The Morgan fingerprint density at radius 1 is 1.09 bits per heavy atom. The quantitative estimate of drug-likeness (QED) is 0.428. The molecule has 0 saturated carbocycles. The molecule has 2 aromatic heterocycles. The molecule has 2 aliphatic rings. The van der Waals surface area contributed by atoms with Crippen LogP contribution >= 0.6 is 0 Å². The number of hydrogen-bond acceptors (Lipinski definition) is 8. The number of amides is 1. The van der Waals surface area contributed by atoms with Crippen LogP contribution in [0.2, 0.25) is 0 Å². The summed E-state index contributed by atoms with van der Waals surface area (Å²) in [7, 11) is 0. The van der Waals surface area contributed by atoms with E-state index in [1.54, 1.807) is 37.5 Å². The van der Waals surface area contributed by atoms with Gasteiger partial charge >= 0.3 is 6.09 Å². The van der Waals surface area contributed by atoms with E-state index in [1.165, 1.54) is 0 Å². The molecule has 2 aromatic rings. The Hall–Kier alpha value is -3.11. The topological polar surface area (TPSA) is 124 Å². The molecule has 1 amide bonds. The number of carbonyl (C=O) groups excluding carboxylic acids is 3. The van der Waals surface area contributed by atoms with Gasteiger partial charge in [-0.05, 0) is 57.1 Å². The fourth-order valence-corrected chi connectivity index (χ4v) is 6.85. The molecule has 0 aromatic carbocycles. The second-order valence-corrected chi connectivity index (χ2v) is 12.8. The highest BCUT2D eigenvalue weighted by molar-refractivity contribution is 5.85. The number of imidazole rings is 1. The summed E-state index contributed by atoms with van der Waals surface area (Å²) >= 11 is 0. The summed E-state index contributed by atoms with van der Waals surface area (Å²) < 4.78 is 14.2. The molecular weight excluding hydrogens is 548 g/mol. The standard InChI is InChI=1S/C33H48N4O6/c1-7-28-33(6)30(24(5)29(39)22(3)17-21(2)12-13-27(38)23(4)31(40)42-28)37(32(41)43-33)16-9-8-15-36-19-26(35-20-36)25-11-10-14-34-18-25/h10-11,14,18-24,28,30-31,40H,7-9,12-13,15-17H2,1-6H3/t21-,22-,23?,24?,28-,30?,31?,33-/m1/s1. The lowest BCUT2D eigenvalue weighted by Crippen LogP contribution is -2.58. The van der Waals surface area contributed by atoms with E-state index < -0.39 is 42.0 Å². The Bertz CT molecular complexity index is 1250. The van der Waals surface area contributed by atoms with Crippen molar-refractivity contribution >= 4 is 17.7 Å². The summed E-state index contributed by atoms with van der Waals surface area (Å²) in [6.45, 7) is 12.4. The first-order valence-electron chi connectivity index (χ1n) is 15.8. The van der Waals surface area contributed by atoms with Crippen LogP contribution in [0.25, 0.3) is 11.3 Å². The van der Waals surface area contributed by atoms with Crippen LogP contribution in [0.1, 0.15) is 80.1 Å². The van der Waals surface area contributed by atoms with Gasteiger partial charge in [0.2, 0.25) is 0 Å². The van der Waals surface area contributed by atoms with Gasteiger partial charge in [0.1, 0.15) is 17.7 Å². The molecule has 236 valence electrons. The molecule has 4 heterocycles. The minimum absolute atomic E-state index is 0.0693. The van der Waals surface area contributed by atoms with Crippen LogP contribution in [0.15, 0.2) is 37.1 Å². The summed E-state index contributed by atoms with van der Waals surface area (Å²) in [6.07, 6.45) is 8.31. The van der Waals surface area contributed by atoms with Crippen LogP contribution in [0, 0.1) is 23.7 Å². The maximum atomic E-state index is 13.8. The second kappa shape index (κ2) is 14.1. The van der Waals surface area contributed by atoms with Crippen molar-refractivity contribution < 1.29 is 29.0 Å². The second-order valence-electron chi connectivity index (χ2n) is 12.8. The molecule has 43 heavy (non-hydrogen) atoms. The monoisotopic (exact) mass is 596 g/mol. The molecule has 0 aliphatic carbocycles. The first-order valence-corrected chi connectivity index (χ1v) is 15.8. The van der Waals surface area contributed by atoms with Crippen LogP contribution in [0.4, 0.5) is 4.79 Å². The number of fused-ring (bicyclic) bond motifs is 1. The lowest BCUT2D eigenvalue weighted by molar-refractivity contribution is -0.210. The number of pyridine rings is 1. The first kappa shape index (κ1) is 32.8. The average Bonchev–Trinajstić information content (AvgIpc) is 3.57. The van der Waals surface area contributed by atoms with Crippen molar-refractivity contribution in [3.05, 3.63) is 37.1 Å². The molecule has 10 nitrogen and oxygen atoms in total. The van der Waals surface area contributed by atoms with E-state index in [2.05, 4.69) is 16.9 Å². The Morgan fingerprint density at radius 3 is 2.53 bits per heavy atom. The summed E-state index contributed by atoms with van der Waals surface area (Å²) in [6, 6.07) is 3.27. The van der Waals surface area contributed by atoms with Crippen molar-refractivity contribution in [3.8, 4) is 11.3 Å². The van der Waals surface area contributed by atoms with Gasteiger partial charge in [-0.3, -0.25) is 14.6 Å². The molecule has 1 N–H and O–H groups in total. The van der Waals surface area contributed by atoms with Gasteiger partial charge in [-0.2, -0.15) is 0 Å². The lowest BCUT2D eigenvalue weighted by Gasteiger charge is -2.41. The van der Waals surface area contributed by atoms with Crippen molar-refractivity contribution in [2.45, 2.75) is 111 Å². The van der Waals surface area contributed by atoms with Crippen LogP contribution in [0.3, 0.4) is 0 Å². The number of unbranched alkanes of at least 4 members (excludes halogenated alkanes) is 1. The van der Waals surface area contributed by atoms with Gasteiger partial charge in [-0.1, -0.05) is 34.6 Å².